The molecule has 0 spiro atoms. The number of benzene rings is 1. The van der Waals surface area contributed by atoms with Crippen molar-refractivity contribution in [3.05, 3.63) is 47.2 Å². The number of nitrogens with one attached hydrogen (secondary N) is 1. The fourth-order valence-electron chi connectivity index (χ4n) is 5.56. The highest BCUT2D eigenvalue weighted by molar-refractivity contribution is 5.97. The lowest BCUT2D eigenvalue weighted by Crippen LogP contribution is -2.64. The first-order valence-corrected chi connectivity index (χ1v) is 9.32. The first-order chi connectivity index (χ1) is 13.1. The molecule has 1 aromatic carbocycles. The predicted molar refractivity (Wildman–Crippen MR) is 99.3 cm³/mol. The minimum Gasteiger partial charge on any atom is -0.468 e. The van der Waals surface area contributed by atoms with Crippen LogP contribution in [0.25, 0.3) is 10.9 Å². The van der Waals surface area contributed by atoms with E-state index < -0.39 is 5.41 Å². The number of aromatic nitrogens is 1. The predicted octanol–water partition coefficient (Wildman–Crippen LogP) is 1.94. The molecule has 27 heavy (non-hydrogen) atoms. The first kappa shape index (κ1) is 16.6. The van der Waals surface area contributed by atoms with Gasteiger partial charge in [0.25, 0.3) is 0 Å². The number of H-pyrrole nitrogens is 1. The van der Waals surface area contributed by atoms with Crippen molar-refractivity contribution < 1.29 is 19.1 Å². The summed E-state index contributed by atoms with van der Waals surface area (Å²) < 4.78 is 10.4. The molecule has 6 rings (SSSR count). The van der Waals surface area contributed by atoms with Gasteiger partial charge in [0.15, 0.2) is 0 Å². The third-order valence-corrected chi connectivity index (χ3v) is 6.47. The summed E-state index contributed by atoms with van der Waals surface area (Å²) in [4.78, 5) is 31.6. The monoisotopic (exact) mass is 366 g/mol. The average Bonchev–Trinajstić information content (AvgIpc) is 3.05. The van der Waals surface area contributed by atoms with Gasteiger partial charge < -0.3 is 14.5 Å². The number of carbonyl (C=O) groups is 2. The lowest BCUT2D eigenvalue weighted by molar-refractivity contribution is -0.155. The van der Waals surface area contributed by atoms with Gasteiger partial charge in [-0.3, -0.25) is 9.69 Å². The van der Waals surface area contributed by atoms with Crippen LogP contribution in [0.4, 0.5) is 0 Å². The van der Waals surface area contributed by atoms with E-state index in [1.54, 1.807) is 0 Å². The Kier molecular flexibility index (Phi) is 3.49. The molecule has 4 aliphatic rings. The quantitative estimate of drug-likeness (QED) is 0.823. The van der Waals surface area contributed by atoms with Crippen molar-refractivity contribution in [3.8, 4) is 0 Å². The van der Waals surface area contributed by atoms with Crippen molar-refractivity contribution in [3.63, 3.8) is 0 Å². The number of methoxy groups -OCH3 is 2. The van der Waals surface area contributed by atoms with Crippen LogP contribution < -0.4 is 0 Å². The maximum Gasteiger partial charge on any atom is 0.335 e. The SMILES string of the molecule is COC(=O)C1=C[C@H]2CN3CCc4c([nH]c5ccccc45)[C@](C(=O)OC)(C2)[C@H]13. The van der Waals surface area contributed by atoms with Gasteiger partial charge in [0.2, 0.25) is 0 Å². The van der Waals surface area contributed by atoms with Gasteiger partial charge in [0.05, 0.1) is 25.8 Å². The van der Waals surface area contributed by atoms with Gasteiger partial charge in [0.1, 0.15) is 5.41 Å². The maximum absolute atomic E-state index is 13.3. The molecule has 6 nitrogen and oxygen atoms in total. The smallest absolute Gasteiger partial charge is 0.335 e. The van der Waals surface area contributed by atoms with Crippen molar-refractivity contribution in [2.24, 2.45) is 5.92 Å². The zero-order valence-corrected chi connectivity index (χ0v) is 15.5. The number of aromatic amines is 1. The summed E-state index contributed by atoms with van der Waals surface area (Å²) in [5.41, 5.74) is 2.75. The van der Waals surface area contributed by atoms with E-state index >= 15 is 0 Å². The minimum atomic E-state index is -0.916. The Morgan fingerprint density at radius 2 is 2.04 bits per heavy atom. The van der Waals surface area contributed by atoms with Gasteiger partial charge in [-0.15, -0.1) is 0 Å². The van der Waals surface area contributed by atoms with Crippen LogP contribution in [0, 0.1) is 5.92 Å². The summed E-state index contributed by atoms with van der Waals surface area (Å²) in [5.74, 6) is -0.533. The number of para-hydroxylation sites is 1. The molecule has 4 heterocycles. The molecule has 2 aromatic rings. The minimum absolute atomic E-state index is 0.112. The molecular formula is C21H22N2O4. The summed E-state index contributed by atoms with van der Waals surface area (Å²) >= 11 is 0. The van der Waals surface area contributed by atoms with E-state index in [1.165, 1.54) is 14.2 Å². The fourth-order valence-corrected chi connectivity index (χ4v) is 5.56. The summed E-state index contributed by atoms with van der Waals surface area (Å²) in [6.45, 7) is 1.65. The highest BCUT2D eigenvalue weighted by atomic mass is 16.5. The molecule has 1 saturated heterocycles. The van der Waals surface area contributed by atoms with E-state index in [1.807, 2.05) is 24.3 Å². The number of carbonyl (C=O) groups excluding carboxylic acids is 2. The van der Waals surface area contributed by atoms with E-state index in [4.69, 9.17) is 9.47 Å². The lowest BCUT2D eigenvalue weighted by Gasteiger charge is -2.52. The average molecular weight is 366 g/mol. The third kappa shape index (κ3) is 2.04. The number of nitrogens with zero attached hydrogens (tertiary/aromatic N) is 1. The third-order valence-electron chi connectivity index (χ3n) is 6.47. The normalized spacial score (nSPS) is 31.0. The fraction of sp³-hybridized carbons (Fsp3) is 0.429. The molecule has 4 bridgehead atoms. The second-order valence-corrected chi connectivity index (χ2v) is 7.71. The van der Waals surface area contributed by atoms with Gasteiger partial charge >= 0.3 is 11.9 Å². The second kappa shape index (κ2) is 5.70. The number of fused-ring (bicyclic) bond motifs is 3. The summed E-state index contributed by atoms with van der Waals surface area (Å²) in [6.07, 6.45) is 3.47. The van der Waals surface area contributed by atoms with Gasteiger partial charge in [0, 0.05) is 29.7 Å². The number of hydrogen-bond acceptors (Lipinski definition) is 5. The van der Waals surface area contributed by atoms with Gasteiger partial charge in [-0.1, -0.05) is 24.3 Å². The maximum atomic E-state index is 13.3. The number of esters is 2. The first-order valence-electron chi connectivity index (χ1n) is 9.32. The Morgan fingerprint density at radius 1 is 1.22 bits per heavy atom. The van der Waals surface area contributed by atoms with Crippen LogP contribution >= 0.6 is 0 Å². The molecule has 0 amide bonds. The highest BCUT2D eigenvalue weighted by Crippen LogP contribution is 2.52. The zero-order chi connectivity index (χ0) is 18.8. The highest BCUT2D eigenvalue weighted by Gasteiger charge is 2.62. The van der Waals surface area contributed by atoms with Crippen LogP contribution in [0.2, 0.25) is 0 Å². The van der Waals surface area contributed by atoms with E-state index in [0.29, 0.717) is 12.0 Å². The molecule has 4 atom stereocenters. The number of rotatable bonds is 2. The van der Waals surface area contributed by atoms with E-state index in [-0.39, 0.29) is 23.9 Å². The van der Waals surface area contributed by atoms with Crippen LogP contribution in [0.1, 0.15) is 17.7 Å². The molecule has 140 valence electrons. The Morgan fingerprint density at radius 3 is 2.81 bits per heavy atom. The van der Waals surface area contributed by atoms with Gasteiger partial charge in [-0.25, -0.2) is 4.79 Å². The molecule has 1 aliphatic carbocycles. The van der Waals surface area contributed by atoms with Crippen LogP contribution in [-0.4, -0.2) is 55.2 Å². The molecule has 1 unspecified atom stereocenters. The molecule has 1 aromatic heterocycles. The standard InChI is InChI=1S/C21H22N2O4/c1-26-19(24)15-9-12-10-21(20(25)27-2)17-14(7-8-23(11-12)18(15)21)13-5-3-4-6-16(13)22-17/h3-6,9,12,18,22H,7-8,10-11H2,1-2H3/t12-,18+,21-/m1/s1. The molecule has 6 heteroatoms. The zero-order valence-electron chi connectivity index (χ0n) is 15.5. The van der Waals surface area contributed by atoms with Gasteiger partial charge in [-0.05, 0) is 30.4 Å². The van der Waals surface area contributed by atoms with E-state index in [0.717, 1.165) is 41.7 Å². The van der Waals surface area contributed by atoms with Crippen molar-refractivity contribution in [1.82, 2.24) is 9.88 Å². The van der Waals surface area contributed by atoms with Crippen molar-refractivity contribution in [2.45, 2.75) is 24.3 Å². The van der Waals surface area contributed by atoms with Crippen LogP contribution in [-0.2, 0) is 30.9 Å². The van der Waals surface area contributed by atoms with E-state index in [9.17, 15) is 9.59 Å². The summed E-state index contributed by atoms with van der Waals surface area (Å²) in [6, 6.07) is 7.77. The Bertz CT molecular complexity index is 991. The topological polar surface area (TPSA) is 71.6 Å². The molecule has 1 N–H and O–H groups in total. The van der Waals surface area contributed by atoms with Crippen LogP contribution in [0.3, 0.4) is 0 Å². The van der Waals surface area contributed by atoms with Crippen LogP contribution in [0.15, 0.2) is 35.9 Å². The second-order valence-electron chi connectivity index (χ2n) is 7.71. The lowest BCUT2D eigenvalue weighted by atomic mass is 9.61. The van der Waals surface area contributed by atoms with E-state index in [2.05, 4.69) is 16.0 Å². The summed E-state index contributed by atoms with van der Waals surface area (Å²) in [5, 5.41) is 1.14. The summed E-state index contributed by atoms with van der Waals surface area (Å²) in [7, 11) is 2.82. The Labute approximate surface area is 157 Å². The molecule has 0 radical (unpaired) electrons. The number of hydrogen-bond donors (Lipinski definition) is 1. The molecule has 1 fully saturated rings. The molecule has 0 saturated carbocycles. The van der Waals surface area contributed by atoms with Gasteiger partial charge in [-0.2, -0.15) is 0 Å². The molecule has 3 aliphatic heterocycles. The number of piperidine rings is 1. The number of ether oxygens (including phenoxy) is 2. The van der Waals surface area contributed by atoms with Crippen molar-refractivity contribution in [1.29, 1.82) is 0 Å². The van der Waals surface area contributed by atoms with Crippen LogP contribution in [0.5, 0.6) is 0 Å². The van der Waals surface area contributed by atoms with Crippen molar-refractivity contribution >= 4 is 22.8 Å². The molecular weight excluding hydrogens is 344 g/mol. The Balaban J connectivity index is 1.81. The van der Waals surface area contributed by atoms with Crippen molar-refractivity contribution in [2.75, 3.05) is 27.3 Å². The Hall–Kier alpha value is -2.60. The largest absolute Gasteiger partial charge is 0.468 e.